The number of carbonyl (C=O) groups excluding carboxylic acids is 1. The molecule has 1 atom stereocenters. The Balaban J connectivity index is 1.98. The fourth-order valence-corrected chi connectivity index (χ4v) is 2.79. The van der Waals surface area contributed by atoms with Crippen LogP contribution in [0.2, 0.25) is 0 Å². The summed E-state index contributed by atoms with van der Waals surface area (Å²) in [5.41, 5.74) is 3.26. The second-order valence-electron chi connectivity index (χ2n) is 4.44. The van der Waals surface area contributed by atoms with E-state index in [0.717, 1.165) is 25.3 Å². The molecule has 0 radical (unpaired) electrons. The second kappa shape index (κ2) is 5.15. The molecule has 0 spiro atoms. The Hall–Kier alpha value is -1.05. The zero-order valence-electron chi connectivity index (χ0n) is 9.17. The first-order chi connectivity index (χ1) is 7.42. The lowest BCUT2D eigenvalue weighted by Crippen LogP contribution is -2.20. The molecule has 0 bridgehead atoms. The molecule has 2 heteroatoms. The molecular weight excluding hydrogens is 186 g/mol. The topological polar surface area (TPSA) is 29.1 Å². The SMILES string of the molecule is O=CNCCC1CCCC2=C1CCC=C2. The summed E-state index contributed by atoms with van der Waals surface area (Å²) >= 11 is 0. The lowest BCUT2D eigenvalue weighted by molar-refractivity contribution is -0.109. The number of hydrogen-bond acceptors (Lipinski definition) is 1. The van der Waals surface area contributed by atoms with E-state index >= 15 is 0 Å². The molecule has 0 saturated carbocycles. The van der Waals surface area contributed by atoms with E-state index in [1.54, 1.807) is 11.1 Å². The fourth-order valence-electron chi connectivity index (χ4n) is 2.79. The molecule has 0 aromatic heterocycles. The number of amides is 1. The molecule has 0 saturated heterocycles. The van der Waals surface area contributed by atoms with Gasteiger partial charge in [-0.05, 0) is 50.0 Å². The van der Waals surface area contributed by atoms with Gasteiger partial charge in [-0.1, -0.05) is 17.7 Å². The Kier molecular flexibility index (Phi) is 3.59. The van der Waals surface area contributed by atoms with Crippen molar-refractivity contribution < 1.29 is 4.79 Å². The van der Waals surface area contributed by atoms with Crippen molar-refractivity contribution in [3.8, 4) is 0 Å². The van der Waals surface area contributed by atoms with Crippen LogP contribution in [0, 0.1) is 5.92 Å². The Morgan fingerprint density at radius 3 is 3.27 bits per heavy atom. The molecule has 0 aromatic rings. The van der Waals surface area contributed by atoms with E-state index in [1.807, 2.05) is 0 Å². The van der Waals surface area contributed by atoms with Gasteiger partial charge < -0.3 is 5.32 Å². The molecule has 15 heavy (non-hydrogen) atoms. The van der Waals surface area contributed by atoms with Crippen LogP contribution in [-0.2, 0) is 4.79 Å². The van der Waals surface area contributed by atoms with Crippen LogP contribution >= 0.6 is 0 Å². The zero-order valence-corrected chi connectivity index (χ0v) is 9.17. The van der Waals surface area contributed by atoms with Crippen molar-refractivity contribution in [1.82, 2.24) is 5.32 Å². The molecule has 0 heterocycles. The van der Waals surface area contributed by atoms with E-state index in [-0.39, 0.29) is 0 Å². The van der Waals surface area contributed by atoms with Crippen molar-refractivity contribution in [2.45, 2.75) is 38.5 Å². The van der Waals surface area contributed by atoms with Gasteiger partial charge in [-0.25, -0.2) is 0 Å². The highest BCUT2D eigenvalue weighted by molar-refractivity contribution is 5.45. The Morgan fingerprint density at radius 1 is 1.47 bits per heavy atom. The van der Waals surface area contributed by atoms with Crippen LogP contribution in [0.3, 0.4) is 0 Å². The summed E-state index contributed by atoms with van der Waals surface area (Å²) in [6, 6.07) is 0. The predicted molar refractivity (Wildman–Crippen MR) is 61.4 cm³/mol. The molecule has 1 N–H and O–H groups in total. The quantitative estimate of drug-likeness (QED) is 0.554. The summed E-state index contributed by atoms with van der Waals surface area (Å²) < 4.78 is 0. The van der Waals surface area contributed by atoms with Gasteiger partial charge in [-0.15, -0.1) is 0 Å². The molecule has 0 aromatic carbocycles. The lowest BCUT2D eigenvalue weighted by atomic mass is 9.77. The minimum atomic E-state index is 0.728. The Morgan fingerprint density at radius 2 is 2.40 bits per heavy atom. The molecule has 2 nitrogen and oxygen atoms in total. The van der Waals surface area contributed by atoms with Crippen molar-refractivity contribution in [3.05, 3.63) is 23.3 Å². The summed E-state index contributed by atoms with van der Waals surface area (Å²) in [5.74, 6) is 0.728. The molecule has 2 aliphatic rings. The first kappa shape index (κ1) is 10.5. The van der Waals surface area contributed by atoms with Crippen molar-refractivity contribution in [3.63, 3.8) is 0 Å². The van der Waals surface area contributed by atoms with Gasteiger partial charge in [0.15, 0.2) is 0 Å². The summed E-state index contributed by atoms with van der Waals surface area (Å²) in [5, 5.41) is 2.77. The molecule has 1 unspecified atom stereocenters. The van der Waals surface area contributed by atoms with Gasteiger partial charge >= 0.3 is 0 Å². The Bertz CT molecular complexity index is 291. The summed E-state index contributed by atoms with van der Waals surface area (Å²) in [6.45, 7) is 0.828. The van der Waals surface area contributed by atoms with Crippen molar-refractivity contribution in [1.29, 1.82) is 0 Å². The molecule has 0 aliphatic heterocycles. The minimum Gasteiger partial charge on any atom is -0.359 e. The normalized spacial score (nSPS) is 24.9. The van der Waals surface area contributed by atoms with E-state index in [1.165, 1.54) is 32.1 Å². The molecule has 0 fully saturated rings. The standard InChI is InChI=1S/C13H19NO/c15-10-14-9-8-12-6-3-5-11-4-1-2-7-13(11)12/h1,4,10,12H,2-3,5-9H2,(H,14,15). The molecule has 2 rings (SSSR count). The molecule has 82 valence electrons. The van der Waals surface area contributed by atoms with Gasteiger partial charge in [0, 0.05) is 6.54 Å². The maximum Gasteiger partial charge on any atom is 0.207 e. The van der Waals surface area contributed by atoms with Crippen molar-refractivity contribution in [2.24, 2.45) is 5.92 Å². The van der Waals surface area contributed by atoms with Gasteiger partial charge in [-0.2, -0.15) is 0 Å². The van der Waals surface area contributed by atoms with Crippen LogP contribution in [0.1, 0.15) is 38.5 Å². The van der Waals surface area contributed by atoms with Crippen LogP contribution in [0.5, 0.6) is 0 Å². The van der Waals surface area contributed by atoms with E-state index in [0.29, 0.717) is 0 Å². The minimum absolute atomic E-state index is 0.728. The highest BCUT2D eigenvalue weighted by atomic mass is 16.1. The van der Waals surface area contributed by atoms with E-state index in [4.69, 9.17) is 0 Å². The lowest BCUT2D eigenvalue weighted by Gasteiger charge is -2.29. The third-order valence-corrected chi connectivity index (χ3v) is 3.52. The van der Waals surface area contributed by atoms with E-state index < -0.39 is 0 Å². The third kappa shape index (κ3) is 2.49. The number of allylic oxidation sites excluding steroid dienone is 4. The molecule has 2 aliphatic carbocycles. The predicted octanol–water partition coefficient (Wildman–Crippen LogP) is 2.57. The number of hydrogen-bond donors (Lipinski definition) is 1. The Labute approximate surface area is 91.4 Å². The van der Waals surface area contributed by atoms with Gasteiger partial charge in [-0.3, -0.25) is 4.79 Å². The average molecular weight is 205 g/mol. The van der Waals surface area contributed by atoms with E-state index in [9.17, 15) is 4.79 Å². The van der Waals surface area contributed by atoms with Crippen LogP contribution in [0.25, 0.3) is 0 Å². The second-order valence-corrected chi connectivity index (χ2v) is 4.44. The van der Waals surface area contributed by atoms with Gasteiger partial charge in [0.2, 0.25) is 6.41 Å². The van der Waals surface area contributed by atoms with Crippen molar-refractivity contribution in [2.75, 3.05) is 6.54 Å². The highest BCUT2D eigenvalue weighted by Crippen LogP contribution is 2.37. The number of carbonyl (C=O) groups is 1. The largest absolute Gasteiger partial charge is 0.359 e. The third-order valence-electron chi connectivity index (χ3n) is 3.52. The summed E-state index contributed by atoms with van der Waals surface area (Å²) in [6.07, 6.45) is 12.9. The van der Waals surface area contributed by atoms with Crippen LogP contribution in [0.4, 0.5) is 0 Å². The maximum absolute atomic E-state index is 10.2. The van der Waals surface area contributed by atoms with Crippen LogP contribution < -0.4 is 5.32 Å². The smallest absolute Gasteiger partial charge is 0.207 e. The van der Waals surface area contributed by atoms with Gasteiger partial charge in [0.25, 0.3) is 0 Å². The summed E-state index contributed by atoms with van der Waals surface area (Å²) in [7, 11) is 0. The monoisotopic (exact) mass is 205 g/mol. The van der Waals surface area contributed by atoms with Crippen LogP contribution in [0.15, 0.2) is 23.3 Å². The number of nitrogens with one attached hydrogen (secondary N) is 1. The number of rotatable bonds is 4. The molecular formula is C13H19NO. The summed E-state index contributed by atoms with van der Waals surface area (Å²) in [4.78, 5) is 10.2. The van der Waals surface area contributed by atoms with Crippen molar-refractivity contribution >= 4 is 6.41 Å². The van der Waals surface area contributed by atoms with Gasteiger partial charge in [0.05, 0.1) is 0 Å². The fraction of sp³-hybridized carbons (Fsp3) is 0.615. The molecule has 1 amide bonds. The highest BCUT2D eigenvalue weighted by Gasteiger charge is 2.22. The maximum atomic E-state index is 10.2. The first-order valence-electron chi connectivity index (χ1n) is 5.97. The average Bonchev–Trinajstić information content (AvgIpc) is 2.30. The van der Waals surface area contributed by atoms with Gasteiger partial charge in [0.1, 0.15) is 0 Å². The van der Waals surface area contributed by atoms with E-state index in [2.05, 4.69) is 17.5 Å². The zero-order chi connectivity index (χ0) is 10.5. The first-order valence-corrected chi connectivity index (χ1v) is 5.97. The van der Waals surface area contributed by atoms with Crippen LogP contribution in [-0.4, -0.2) is 13.0 Å².